The Hall–Kier alpha value is -2.73. The average Bonchev–Trinajstić information content (AvgIpc) is 3.01. The molecule has 24 heavy (non-hydrogen) atoms. The number of ether oxygens (including phenoxy) is 1. The van der Waals surface area contributed by atoms with Gasteiger partial charge in [-0.3, -0.25) is 9.78 Å². The molecule has 0 spiro atoms. The van der Waals surface area contributed by atoms with E-state index >= 15 is 0 Å². The second-order valence-corrected chi connectivity index (χ2v) is 5.95. The van der Waals surface area contributed by atoms with E-state index in [-0.39, 0.29) is 12.0 Å². The monoisotopic (exact) mass is 322 g/mol. The third-order valence-electron chi connectivity index (χ3n) is 4.28. The summed E-state index contributed by atoms with van der Waals surface area (Å²) < 4.78 is 5.82. The molecular weight excluding hydrogens is 304 g/mol. The van der Waals surface area contributed by atoms with Crippen molar-refractivity contribution in [2.75, 3.05) is 19.7 Å². The molecule has 4 rings (SSSR count). The number of carbonyl (C=O) groups is 1. The minimum Gasteiger partial charge on any atom is -0.370 e. The van der Waals surface area contributed by atoms with Gasteiger partial charge in [0.15, 0.2) is 0 Å². The van der Waals surface area contributed by atoms with Gasteiger partial charge in [0.25, 0.3) is 5.91 Å². The predicted molar refractivity (Wildman–Crippen MR) is 89.7 cm³/mol. The molecule has 1 fully saturated rings. The Balaban J connectivity index is 1.56. The summed E-state index contributed by atoms with van der Waals surface area (Å²) in [5.74, 6) is 0.866. The number of imidazole rings is 1. The maximum atomic E-state index is 12.9. The van der Waals surface area contributed by atoms with E-state index in [0.29, 0.717) is 25.3 Å². The highest BCUT2D eigenvalue weighted by molar-refractivity contribution is 5.97. The van der Waals surface area contributed by atoms with Crippen LogP contribution in [0, 0.1) is 6.92 Å². The van der Waals surface area contributed by atoms with E-state index in [0.717, 1.165) is 22.4 Å². The number of hydrogen-bond donors (Lipinski definition) is 1. The lowest BCUT2D eigenvalue weighted by Gasteiger charge is -2.33. The molecule has 3 heterocycles. The van der Waals surface area contributed by atoms with Gasteiger partial charge in [-0.25, -0.2) is 4.98 Å². The molecule has 2 aromatic heterocycles. The van der Waals surface area contributed by atoms with Crippen molar-refractivity contribution in [3.05, 3.63) is 59.7 Å². The van der Waals surface area contributed by atoms with Crippen molar-refractivity contribution in [1.82, 2.24) is 19.9 Å². The van der Waals surface area contributed by atoms with E-state index in [9.17, 15) is 4.79 Å². The molecule has 1 aliphatic rings. The SMILES string of the molecule is Cc1nc2ccc(C(=O)N3CCOC(c4ccncc4)C3)cc2[nH]1. The zero-order valence-corrected chi connectivity index (χ0v) is 13.4. The van der Waals surface area contributed by atoms with E-state index in [1.165, 1.54) is 0 Å². The molecule has 1 amide bonds. The third kappa shape index (κ3) is 2.76. The summed E-state index contributed by atoms with van der Waals surface area (Å²) in [5.41, 5.74) is 3.47. The lowest BCUT2D eigenvalue weighted by molar-refractivity contribution is -0.0228. The molecule has 1 saturated heterocycles. The maximum absolute atomic E-state index is 12.9. The number of aromatic amines is 1. The van der Waals surface area contributed by atoms with E-state index in [4.69, 9.17) is 4.74 Å². The Labute approximate surface area is 139 Å². The van der Waals surface area contributed by atoms with E-state index in [1.54, 1.807) is 12.4 Å². The van der Waals surface area contributed by atoms with Gasteiger partial charge in [-0.05, 0) is 42.8 Å². The van der Waals surface area contributed by atoms with Crippen molar-refractivity contribution < 1.29 is 9.53 Å². The molecule has 1 aliphatic heterocycles. The smallest absolute Gasteiger partial charge is 0.254 e. The van der Waals surface area contributed by atoms with Crippen LogP contribution >= 0.6 is 0 Å². The number of aryl methyl sites for hydroxylation is 1. The van der Waals surface area contributed by atoms with Crippen molar-refractivity contribution >= 4 is 16.9 Å². The Morgan fingerprint density at radius 3 is 2.96 bits per heavy atom. The van der Waals surface area contributed by atoms with Crippen LogP contribution in [-0.2, 0) is 4.74 Å². The Kier molecular flexibility index (Phi) is 3.74. The Bertz CT molecular complexity index is 875. The van der Waals surface area contributed by atoms with Gasteiger partial charge in [-0.15, -0.1) is 0 Å². The summed E-state index contributed by atoms with van der Waals surface area (Å²) in [6.07, 6.45) is 3.38. The summed E-state index contributed by atoms with van der Waals surface area (Å²) in [4.78, 5) is 26.3. The van der Waals surface area contributed by atoms with Gasteiger partial charge >= 0.3 is 0 Å². The molecule has 0 saturated carbocycles. The van der Waals surface area contributed by atoms with Gasteiger partial charge in [-0.1, -0.05) is 0 Å². The van der Waals surface area contributed by atoms with E-state index in [2.05, 4.69) is 15.0 Å². The number of benzene rings is 1. The van der Waals surface area contributed by atoms with Gasteiger partial charge in [0.1, 0.15) is 11.9 Å². The number of fused-ring (bicyclic) bond motifs is 1. The normalized spacial score (nSPS) is 18.0. The number of nitrogens with zero attached hydrogens (tertiary/aromatic N) is 3. The van der Waals surface area contributed by atoms with Crippen LogP contribution in [0.2, 0.25) is 0 Å². The number of nitrogens with one attached hydrogen (secondary N) is 1. The molecule has 1 aromatic carbocycles. The first kappa shape index (κ1) is 14.8. The summed E-state index contributed by atoms with van der Waals surface area (Å²) in [6.45, 7) is 3.58. The van der Waals surface area contributed by atoms with Gasteiger partial charge in [0.2, 0.25) is 0 Å². The molecule has 122 valence electrons. The number of aromatic nitrogens is 3. The fourth-order valence-electron chi connectivity index (χ4n) is 3.07. The number of amides is 1. The topological polar surface area (TPSA) is 71.1 Å². The minimum absolute atomic E-state index is 0.0199. The van der Waals surface area contributed by atoms with Crippen LogP contribution in [-0.4, -0.2) is 45.5 Å². The zero-order chi connectivity index (χ0) is 16.5. The summed E-state index contributed by atoms with van der Waals surface area (Å²) in [6, 6.07) is 9.44. The first-order valence-corrected chi connectivity index (χ1v) is 7.98. The van der Waals surface area contributed by atoms with Crippen molar-refractivity contribution in [3.63, 3.8) is 0 Å². The standard InChI is InChI=1S/C18H18N4O2/c1-12-20-15-3-2-14(10-16(15)21-12)18(23)22-8-9-24-17(11-22)13-4-6-19-7-5-13/h2-7,10,17H,8-9,11H2,1H3,(H,20,21). The molecule has 1 atom stereocenters. The lowest BCUT2D eigenvalue weighted by Crippen LogP contribution is -2.42. The molecule has 1 N–H and O–H groups in total. The summed E-state index contributed by atoms with van der Waals surface area (Å²) >= 11 is 0. The van der Waals surface area contributed by atoms with Crippen molar-refractivity contribution in [2.45, 2.75) is 13.0 Å². The molecule has 0 bridgehead atoms. The predicted octanol–water partition coefficient (Wildman–Crippen LogP) is 2.48. The van der Waals surface area contributed by atoms with Crippen molar-refractivity contribution in [3.8, 4) is 0 Å². The second kappa shape index (κ2) is 6.05. The Morgan fingerprint density at radius 2 is 2.12 bits per heavy atom. The summed E-state index contributed by atoms with van der Waals surface area (Å²) in [7, 11) is 0. The highest BCUT2D eigenvalue weighted by Crippen LogP contribution is 2.23. The van der Waals surface area contributed by atoms with Crippen LogP contribution in [0.5, 0.6) is 0 Å². The van der Waals surface area contributed by atoms with E-state index < -0.39 is 0 Å². The maximum Gasteiger partial charge on any atom is 0.254 e. The lowest BCUT2D eigenvalue weighted by atomic mass is 10.1. The highest BCUT2D eigenvalue weighted by Gasteiger charge is 2.26. The fourth-order valence-corrected chi connectivity index (χ4v) is 3.07. The molecule has 0 radical (unpaired) electrons. The van der Waals surface area contributed by atoms with Gasteiger partial charge < -0.3 is 14.6 Å². The van der Waals surface area contributed by atoms with Crippen LogP contribution in [0.15, 0.2) is 42.7 Å². The molecular formula is C18H18N4O2. The number of rotatable bonds is 2. The minimum atomic E-state index is -0.108. The second-order valence-electron chi connectivity index (χ2n) is 5.95. The van der Waals surface area contributed by atoms with E-state index in [1.807, 2.05) is 42.2 Å². The fraction of sp³-hybridized carbons (Fsp3) is 0.278. The molecule has 3 aromatic rings. The average molecular weight is 322 g/mol. The summed E-state index contributed by atoms with van der Waals surface area (Å²) in [5, 5.41) is 0. The molecule has 1 unspecified atom stereocenters. The third-order valence-corrected chi connectivity index (χ3v) is 4.28. The zero-order valence-electron chi connectivity index (χ0n) is 13.4. The van der Waals surface area contributed by atoms with Crippen LogP contribution in [0.25, 0.3) is 11.0 Å². The van der Waals surface area contributed by atoms with Gasteiger partial charge in [0.05, 0.1) is 24.2 Å². The van der Waals surface area contributed by atoms with Crippen LogP contribution < -0.4 is 0 Å². The number of pyridine rings is 1. The first-order valence-electron chi connectivity index (χ1n) is 7.98. The molecule has 6 nitrogen and oxygen atoms in total. The van der Waals surface area contributed by atoms with Crippen molar-refractivity contribution in [2.24, 2.45) is 0 Å². The van der Waals surface area contributed by atoms with Gasteiger partial charge in [0, 0.05) is 24.5 Å². The van der Waals surface area contributed by atoms with Crippen LogP contribution in [0.1, 0.15) is 27.8 Å². The van der Waals surface area contributed by atoms with Crippen LogP contribution in [0.3, 0.4) is 0 Å². The number of hydrogen-bond acceptors (Lipinski definition) is 4. The van der Waals surface area contributed by atoms with Crippen LogP contribution in [0.4, 0.5) is 0 Å². The number of carbonyl (C=O) groups excluding carboxylic acids is 1. The Morgan fingerprint density at radius 1 is 1.29 bits per heavy atom. The number of morpholine rings is 1. The molecule has 0 aliphatic carbocycles. The van der Waals surface area contributed by atoms with Gasteiger partial charge in [-0.2, -0.15) is 0 Å². The quantitative estimate of drug-likeness (QED) is 0.787. The largest absolute Gasteiger partial charge is 0.370 e. The molecule has 6 heteroatoms. The highest BCUT2D eigenvalue weighted by atomic mass is 16.5. The first-order chi connectivity index (χ1) is 11.7. The van der Waals surface area contributed by atoms with Crippen molar-refractivity contribution in [1.29, 1.82) is 0 Å². The number of H-pyrrole nitrogens is 1.